The maximum absolute atomic E-state index is 9.20. The quantitative estimate of drug-likeness (QED) is 0.394. The summed E-state index contributed by atoms with van der Waals surface area (Å²) in [7, 11) is 0. The first-order valence-electron chi connectivity index (χ1n) is 11.8. The number of aryl methyl sites for hydroxylation is 1. The third kappa shape index (κ3) is 3.53. The summed E-state index contributed by atoms with van der Waals surface area (Å²) in [6.07, 6.45) is 4.16. The Hall–Kier alpha value is -3.44. The highest BCUT2D eigenvalue weighted by Gasteiger charge is 2.37. The summed E-state index contributed by atoms with van der Waals surface area (Å²) in [5.74, 6) is 1.84. The van der Waals surface area contributed by atoms with Crippen LogP contribution in [0.1, 0.15) is 47.2 Å². The minimum atomic E-state index is 0.0927. The van der Waals surface area contributed by atoms with E-state index in [9.17, 15) is 5.11 Å². The van der Waals surface area contributed by atoms with Gasteiger partial charge in [-0.3, -0.25) is 10.1 Å². The Bertz CT molecular complexity index is 1270. The van der Waals surface area contributed by atoms with Gasteiger partial charge in [0.05, 0.1) is 23.7 Å². The van der Waals surface area contributed by atoms with Gasteiger partial charge in [-0.05, 0) is 54.9 Å². The average Bonchev–Trinajstić information content (AvgIpc) is 3.26. The summed E-state index contributed by atoms with van der Waals surface area (Å²) in [6.45, 7) is 0.601. The first-order chi connectivity index (χ1) is 16.3. The van der Waals surface area contributed by atoms with Crippen molar-refractivity contribution in [1.82, 2.24) is 15.2 Å². The van der Waals surface area contributed by atoms with E-state index in [1.54, 1.807) is 0 Å². The Morgan fingerprint density at radius 3 is 2.58 bits per heavy atom. The fourth-order valence-corrected chi connectivity index (χ4v) is 5.37. The maximum atomic E-state index is 9.20. The predicted octanol–water partition coefficient (Wildman–Crippen LogP) is 5.10. The van der Waals surface area contributed by atoms with Gasteiger partial charge in [-0.15, -0.1) is 0 Å². The number of fused-ring (bicyclic) bond motifs is 3. The van der Waals surface area contributed by atoms with Crippen LogP contribution in [0.2, 0.25) is 0 Å². The molecule has 1 radical (unpaired) electrons. The first-order valence-corrected chi connectivity index (χ1v) is 11.8. The van der Waals surface area contributed by atoms with E-state index in [2.05, 4.69) is 70.1 Å². The summed E-state index contributed by atoms with van der Waals surface area (Å²) in [6, 6.07) is 24.5. The largest absolute Gasteiger partial charge is 0.395 e. The molecule has 33 heavy (non-hydrogen) atoms. The molecule has 0 bridgehead atoms. The van der Waals surface area contributed by atoms with E-state index in [-0.39, 0.29) is 6.61 Å². The summed E-state index contributed by atoms with van der Waals surface area (Å²) in [5.41, 5.74) is 9.47. The van der Waals surface area contributed by atoms with Gasteiger partial charge in [0.2, 0.25) is 0 Å². The van der Waals surface area contributed by atoms with E-state index < -0.39 is 0 Å². The van der Waals surface area contributed by atoms with Gasteiger partial charge in [0.15, 0.2) is 0 Å². The number of aromatic amines is 1. The molecule has 3 N–H and O–H groups in total. The second-order valence-corrected chi connectivity index (χ2v) is 8.98. The maximum Gasteiger partial charge on any atom is 0.125 e. The number of aliphatic hydroxyl groups excluding tert-OH is 1. The second-order valence-electron chi connectivity index (χ2n) is 8.98. The number of hydrogen-bond acceptors (Lipinski definition) is 4. The number of nitrogens with one attached hydrogen (secondary N) is 2. The van der Waals surface area contributed by atoms with Crippen molar-refractivity contribution in [3.05, 3.63) is 89.2 Å². The van der Waals surface area contributed by atoms with E-state index in [0.717, 1.165) is 42.0 Å². The second kappa shape index (κ2) is 8.49. The third-order valence-electron chi connectivity index (χ3n) is 7.16. The van der Waals surface area contributed by atoms with Crippen molar-refractivity contribution in [2.24, 2.45) is 0 Å². The molecule has 0 saturated heterocycles. The monoisotopic (exact) mass is 435 g/mol. The van der Waals surface area contributed by atoms with Crippen LogP contribution in [0.5, 0.6) is 0 Å². The van der Waals surface area contributed by atoms with Crippen LogP contribution in [-0.4, -0.2) is 33.4 Å². The number of aromatic nitrogens is 3. The predicted molar refractivity (Wildman–Crippen MR) is 130 cm³/mol. The van der Waals surface area contributed by atoms with Crippen LogP contribution in [0.4, 0.5) is 5.82 Å². The molecule has 2 heterocycles. The summed E-state index contributed by atoms with van der Waals surface area (Å²) in [4.78, 5) is 5.34. The van der Waals surface area contributed by atoms with Crippen LogP contribution in [0.15, 0.2) is 60.7 Å². The van der Waals surface area contributed by atoms with E-state index in [1.807, 2.05) is 12.1 Å². The van der Waals surface area contributed by atoms with Crippen LogP contribution < -0.4 is 5.32 Å². The van der Waals surface area contributed by atoms with E-state index in [0.29, 0.717) is 18.4 Å². The molecule has 0 amide bonds. The lowest BCUT2D eigenvalue weighted by atomic mass is 9.67. The van der Waals surface area contributed by atoms with Gasteiger partial charge in [0.1, 0.15) is 5.82 Å². The fourth-order valence-electron chi connectivity index (χ4n) is 5.37. The minimum Gasteiger partial charge on any atom is -0.395 e. The van der Waals surface area contributed by atoms with Gasteiger partial charge in [-0.2, -0.15) is 5.10 Å². The zero-order valence-corrected chi connectivity index (χ0v) is 18.5. The van der Waals surface area contributed by atoms with Gasteiger partial charge in [0, 0.05) is 29.2 Å². The summed E-state index contributed by atoms with van der Waals surface area (Å²) >= 11 is 0. The standard InChI is InChI=1S/C28H27N4O/c33-16-15-29-28-22-13-14-25-24(27(22)31-32-28)17-23(19-9-5-2-6-10-19)26(30-25)21-12-11-20(21)18-7-3-1-4-8-18/h2-10,17,20-21,33H,11-16H2,(H2,29,31,32). The third-order valence-corrected chi connectivity index (χ3v) is 7.16. The Labute approximate surface area is 193 Å². The number of aliphatic hydroxyl groups is 1. The number of pyridine rings is 1. The van der Waals surface area contributed by atoms with Crippen molar-refractivity contribution in [2.45, 2.75) is 37.5 Å². The molecule has 0 spiro atoms. The number of rotatable bonds is 6. The summed E-state index contributed by atoms with van der Waals surface area (Å²) in [5, 5.41) is 20.2. The molecule has 5 nitrogen and oxygen atoms in total. The molecule has 0 aliphatic heterocycles. The van der Waals surface area contributed by atoms with Crippen LogP contribution in [0, 0.1) is 6.07 Å². The smallest absolute Gasteiger partial charge is 0.125 e. The molecule has 2 aromatic heterocycles. The number of hydrogen-bond donors (Lipinski definition) is 3. The van der Waals surface area contributed by atoms with Gasteiger partial charge >= 0.3 is 0 Å². The molecular weight excluding hydrogens is 408 g/mol. The van der Waals surface area contributed by atoms with Crippen LogP contribution in [-0.2, 0) is 12.8 Å². The topological polar surface area (TPSA) is 73.8 Å². The van der Waals surface area contributed by atoms with E-state index in [1.165, 1.54) is 34.4 Å². The molecule has 5 heteroatoms. The van der Waals surface area contributed by atoms with Gasteiger partial charge in [-0.25, -0.2) is 0 Å². The Kier molecular flexibility index (Phi) is 5.19. The molecular formula is C28H27N4O. The lowest BCUT2D eigenvalue weighted by Gasteiger charge is -2.38. The molecule has 2 aromatic carbocycles. The first kappa shape index (κ1) is 20.2. The molecule has 6 rings (SSSR count). The van der Waals surface area contributed by atoms with Crippen LogP contribution >= 0.6 is 0 Å². The number of anilines is 1. The molecule has 2 aliphatic carbocycles. The van der Waals surface area contributed by atoms with Gasteiger partial charge < -0.3 is 10.4 Å². The number of H-pyrrole nitrogens is 1. The van der Waals surface area contributed by atoms with Crippen molar-refractivity contribution in [2.75, 3.05) is 18.5 Å². The number of nitrogens with zero attached hydrogens (tertiary/aromatic N) is 2. The van der Waals surface area contributed by atoms with Gasteiger partial charge in [-0.1, -0.05) is 54.6 Å². The molecule has 2 atom stereocenters. The van der Waals surface area contributed by atoms with Crippen molar-refractivity contribution in [1.29, 1.82) is 0 Å². The fraction of sp³-hybridized carbons (Fsp3) is 0.286. The van der Waals surface area contributed by atoms with Crippen LogP contribution in [0.25, 0.3) is 22.4 Å². The SMILES string of the molecule is OCCNc1[nH]nc2c1CCc1nc(C3CCC3c3cc[c]cc3)c(-c3ccccc3)cc1-2. The number of benzene rings is 2. The lowest BCUT2D eigenvalue weighted by Crippen LogP contribution is -2.24. The zero-order chi connectivity index (χ0) is 22.2. The molecule has 4 aromatic rings. The van der Waals surface area contributed by atoms with Crippen molar-refractivity contribution in [3.63, 3.8) is 0 Å². The summed E-state index contributed by atoms with van der Waals surface area (Å²) < 4.78 is 0. The van der Waals surface area contributed by atoms with Crippen molar-refractivity contribution >= 4 is 5.82 Å². The highest BCUT2D eigenvalue weighted by Crippen LogP contribution is 2.51. The normalized spacial score (nSPS) is 18.8. The molecule has 165 valence electrons. The van der Waals surface area contributed by atoms with Gasteiger partial charge in [0.25, 0.3) is 0 Å². The molecule has 1 saturated carbocycles. The van der Waals surface area contributed by atoms with E-state index >= 15 is 0 Å². The van der Waals surface area contributed by atoms with Crippen molar-refractivity contribution < 1.29 is 5.11 Å². The molecule has 1 fully saturated rings. The van der Waals surface area contributed by atoms with Crippen LogP contribution in [0.3, 0.4) is 0 Å². The molecule has 2 aliphatic rings. The zero-order valence-electron chi connectivity index (χ0n) is 18.5. The highest BCUT2D eigenvalue weighted by molar-refractivity contribution is 5.79. The Morgan fingerprint density at radius 1 is 1.00 bits per heavy atom. The van der Waals surface area contributed by atoms with E-state index in [4.69, 9.17) is 4.98 Å². The lowest BCUT2D eigenvalue weighted by molar-refractivity contribution is 0.311. The Balaban J connectivity index is 1.46. The highest BCUT2D eigenvalue weighted by atomic mass is 16.3. The molecule has 2 unspecified atom stereocenters. The minimum absolute atomic E-state index is 0.0927. The Morgan fingerprint density at radius 2 is 1.82 bits per heavy atom. The van der Waals surface area contributed by atoms with Crippen molar-refractivity contribution in [3.8, 4) is 22.4 Å². The average molecular weight is 436 g/mol.